The van der Waals surface area contributed by atoms with Gasteiger partial charge in [-0.15, -0.1) is 0 Å². The minimum atomic E-state index is -4.60. The van der Waals surface area contributed by atoms with Gasteiger partial charge in [0.2, 0.25) is 0 Å². The summed E-state index contributed by atoms with van der Waals surface area (Å²) in [4.78, 5) is 22.3. The molecule has 39 heavy (non-hydrogen) atoms. The summed E-state index contributed by atoms with van der Waals surface area (Å²) < 4.78 is 72.5. The molecule has 1 aliphatic rings. The number of carbonyl (C=O) groups excluding carboxylic acids is 1. The number of benzene rings is 3. The first kappa shape index (κ1) is 27.9. The van der Waals surface area contributed by atoms with Gasteiger partial charge in [0.1, 0.15) is 16.4 Å². The van der Waals surface area contributed by atoms with Crippen LogP contribution in [0.15, 0.2) is 71.6 Å². The smallest absolute Gasteiger partial charge is 0.416 e. The average Bonchev–Trinajstić information content (AvgIpc) is 2.88. The van der Waals surface area contributed by atoms with Gasteiger partial charge in [-0.3, -0.25) is 10.1 Å². The summed E-state index contributed by atoms with van der Waals surface area (Å²) in [5, 5.41) is 13.9. The molecule has 2 N–H and O–H groups in total. The van der Waals surface area contributed by atoms with E-state index in [4.69, 9.17) is 4.74 Å². The number of nitro groups is 1. The lowest BCUT2D eigenvalue weighted by Crippen LogP contribution is -2.45. The van der Waals surface area contributed by atoms with Gasteiger partial charge in [0, 0.05) is 18.2 Å². The first-order chi connectivity index (χ1) is 18.4. The number of halogens is 3. The van der Waals surface area contributed by atoms with Crippen molar-refractivity contribution in [2.45, 2.75) is 49.2 Å². The molecule has 0 aliphatic heterocycles. The maximum Gasteiger partial charge on any atom is 0.416 e. The number of carbonyl (C=O) groups is 1. The van der Waals surface area contributed by atoms with Gasteiger partial charge in [-0.05, 0) is 54.3 Å². The highest BCUT2D eigenvalue weighted by Crippen LogP contribution is 2.35. The molecule has 206 valence electrons. The molecular formula is C26H24F3N3O6S. The summed E-state index contributed by atoms with van der Waals surface area (Å²) in [6.45, 7) is 0. The van der Waals surface area contributed by atoms with E-state index in [1.165, 1.54) is 24.3 Å². The predicted molar refractivity (Wildman–Crippen MR) is 136 cm³/mol. The first-order valence-electron chi connectivity index (χ1n) is 12.0. The van der Waals surface area contributed by atoms with Crippen LogP contribution in [0.4, 0.5) is 23.7 Å². The summed E-state index contributed by atoms with van der Waals surface area (Å²) >= 11 is 0. The fourth-order valence-electron chi connectivity index (χ4n) is 4.26. The number of amides is 2. The Hall–Kier alpha value is -4.13. The van der Waals surface area contributed by atoms with Gasteiger partial charge in [0.25, 0.3) is 15.7 Å². The van der Waals surface area contributed by atoms with Crippen LogP contribution in [0.25, 0.3) is 11.1 Å². The number of hydrogen-bond donors (Lipinski definition) is 2. The van der Waals surface area contributed by atoms with Crippen LogP contribution < -0.4 is 14.8 Å². The lowest BCUT2D eigenvalue weighted by Gasteiger charge is -2.22. The highest BCUT2D eigenvalue weighted by atomic mass is 32.2. The van der Waals surface area contributed by atoms with E-state index in [2.05, 4.69) is 5.32 Å². The van der Waals surface area contributed by atoms with Gasteiger partial charge in [-0.1, -0.05) is 43.5 Å². The molecule has 0 unspecified atom stereocenters. The second kappa shape index (κ2) is 11.3. The van der Waals surface area contributed by atoms with Crippen molar-refractivity contribution in [1.82, 2.24) is 10.0 Å². The molecule has 0 saturated heterocycles. The topological polar surface area (TPSA) is 128 Å². The van der Waals surface area contributed by atoms with Crippen LogP contribution in [-0.4, -0.2) is 25.4 Å². The Morgan fingerprint density at radius 2 is 1.64 bits per heavy atom. The fraction of sp³-hybridized carbons (Fsp3) is 0.269. The number of nitro benzene ring substituents is 1. The molecule has 0 aromatic heterocycles. The highest BCUT2D eigenvalue weighted by Gasteiger charge is 2.30. The summed E-state index contributed by atoms with van der Waals surface area (Å²) in [6.07, 6.45) is -0.199. The number of alkyl halides is 3. The molecule has 1 fully saturated rings. The molecule has 3 aromatic carbocycles. The van der Waals surface area contributed by atoms with Gasteiger partial charge >= 0.3 is 12.2 Å². The average molecular weight is 564 g/mol. The molecule has 0 radical (unpaired) electrons. The van der Waals surface area contributed by atoms with E-state index < -0.39 is 43.3 Å². The maximum atomic E-state index is 13.1. The van der Waals surface area contributed by atoms with Crippen molar-refractivity contribution in [3.63, 3.8) is 0 Å². The van der Waals surface area contributed by atoms with Crippen LogP contribution in [0.5, 0.6) is 11.5 Å². The number of ether oxygens (including phenoxy) is 1. The second-order valence-corrected chi connectivity index (χ2v) is 10.7. The fourth-order valence-corrected chi connectivity index (χ4v) is 5.32. The molecule has 13 heteroatoms. The van der Waals surface area contributed by atoms with Crippen LogP contribution in [-0.2, 0) is 16.2 Å². The lowest BCUT2D eigenvalue weighted by atomic mass is 9.96. The van der Waals surface area contributed by atoms with Crippen molar-refractivity contribution in [2.24, 2.45) is 0 Å². The Morgan fingerprint density at radius 3 is 2.28 bits per heavy atom. The molecule has 0 spiro atoms. The first-order valence-corrected chi connectivity index (χ1v) is 13.5. The molecular weight excluding hydrogens is 539 g/mol. The van der Waals surface area contributed by atoms with E-state index >= 15 is 0 Å². The van der Waals surface area contributed by atoms with Gasteiger partial charge in [-0.2, -0.15) is 13.2 Å². The van der Waals surface area contributed by atoms with E-state index in [1.807, 2.05) is 4.72 Å². The van der Waals surface area contributed by atoms with Gasteiger partial charge < -0.3 is 10.1 Å². The third-order valence-corrected chi connectivity index (χ3v) is 7.55. The summed E-state index contributed by atoms with van der Waals surface area (Å²) in [5.74, 6) is -0.174. The molecule has 0 atom stereocenters. The zero-order chi connectivity index (χ0) is 28.2. The van der Waals surface area contributed by atoms with Crippen LogP contribution >= 0.6 is 0 Å². The Balaban J connectivity index is 1.60. The Bertz CT molecular complexity index is 1470. The molecule has 4 rings (SSSR count). The van der Waals surface area contributed by atoms with Crippen molar-refractivity contribution >= 4 is 21.7 Å². The number of urea groups is 1. The second-order valence-electron chi connectivity index (χ2n) is 9.01. The van der Waals surface area contributed by atoms with Crippen molar-refractivity contribution in [1.29, 1.82) is 0 Å². The monoisotopic (exact) mass is 563 g/mol. The predicted octanol–water partition coefficient (Wildman–Crippen LogP) is 6.39. The number of sulfonamides is 1. The quantitative estimate of drug-likeness (QED) is 0.253. The Labute approximate surface area is 222 Å². The Kier molecular flexibility index (Phi) is 8.09. The molecule has 1 aliphatic carbocycles. The number of rotatable bonds is 7. The van der Waals surface area contributed by atoms with Crippen LogP contribution in [0.2, 0.25) is 0 Å². The van der Waals surface area contributed by atoms with Crippen molar-refractivity contribution < 1.29 is 36.0 Å². The molecule has 9 nitrogen and oxygen atoms in total. The number of non-ortho nitro benzene ring substituents is 1. The van der Waals surface area contributed by atoms with Crippen LogP contribution in [0, 0.1) is 10.1 Å². The zero-order valence-corrected chi connectivity index (χ0v) is 21.2. The molecule has 1 saturated carbocycles. The normalized spacial score (nSPS) is 14.4. The van der Waals surface area contributed by atoms with Crippen LogP contribution in [0.1, 0.15) is 37.7 Å². The largest absolute Gasteiger partial charge is 0.456 e. The van der Waals surface area contributed by atoms with Crippen molar-refractivity contribution in [3.05, 3.63) is 82.4 Å². The minimum Gasteiger partial charge on any atom is -0.456 e. The SMILES string of the molecule is O=C(NC1CCCCC1)NS(=O)(=O)c1cc([N+](=O)[O-])ccc1Oc1cccc(-c2ccc(C(F)(F)F)cc2)c1. The van der Waals surface area contributed by atoms with E-state index in [1.54, 1.807) is 12.1 Å². The summed E-state index contributed by atoms with van der Waals surface area (Å²) in [7, 11) is -4.60. The summed E-state index contributed by atoms with van der Waals surface area (Å²) in [6, 6.07) is 12.4. The minimum absolute atomic E-state index is 0.115. The van der Waals surface area contributed by atoms with Gasteiger partial charge in [0.05, 0.1) is 10.5 Å². The molecule has 0 heterocycles. The van der Waals surface area contributed by atoms with E-state index in [0.29, 0.717) is 24.0 Å². The summed E-state index contributed by atoms with van der Waals surface area (Å²) in [5.41, 5.74) is -0.406. The van der Waals surface area contributed by atoms with Crippen LogP contribution in [0.3, 0.4) is 0 Å². The number of nitrogens with zero attached hydrogens (tertiary/aromatic N) is 1. The highest BCUT2D eigenvalue weighted by molar-refractivity contribution is 7.90. The van der Waals surface area contributed by atoms with Crippen molar-refractivity contribution in [2.75, 3.05) is 0 Å². The van der Waals surface area contributed by atoms with Crippen molar-refractivity contribution in [3.8, 4) is 22.6 Å². The van der Waals surface area contributed by atoms with E-state index in [-0.39, 0.29) is 17.5 Å². The lowest BCUT2D eigenvalue weighted by molar-refractivity contribution is -0.385. The molecule has 3 aromatic rings. The third kappa shape index (κ3) is 7.05. The Morgan fingerprint density at radius 1 is 0.949 bits per heavy atom. The number of nitrogens with one attached hydrogen (secondary N) is 2. The molecule has 2 amide bonds. The van der Waals surface area contributed by atoms with Gasteiger partial charge in [-0.25, -0.2) is 17.9 Å². The van der Waals surface area contributed by atoms with E-state index in [9.17, 15) is 36.5 Å². The van der Waals surface area contributed by atoms with Gasteiger partial charge in [0.15, 0.2) is 0 Å². The third-order valence-electron chi connectivity index (χ3n) is 6.20. The maximum absolute atomic E-state index is 13.1. The molecule has 0 bridgehead atoms. The van der Waals surface area contributed by atoms with E-state index in [0.717, 1.165) is 49.6 Å². The number of hydrogen-bond acceptors (Lipinski definition) is 6. The zero-order valence-electron chi connectivity index (χ0n) is 20.4. The standard InChI is InChI=1S/C26H24F3N3O6S/c27-26(28,29)19-11-9-17(10-12-19)18-5-4-8-22(15-18)38-23-14-13-21(32(34)35)16-24(23)39(36,37)31-25(33)30-20-6-2-1-3-7-20/h4-5,8-16,20H,1-3,6-7H2,(H2,30,31,33).